The van der Waals surface area contributed by atoms with Gasteiger partial charge in [0.1, 0.15) is 5.60 Å². The van der Waals surface area contributed by atoms with Crippen molar-refractivity contribution in [2.45, 2.75) is 52.1 Å². The average Bonchev–Trinajstić information content (AvgIpc) is 2.46. The van der Waals surface area contributed by atoms with E-state index in [1.54, 1.807) is 7.11 Å². The van der Waals surface area contributed by atoms with E-state index < -0.39 is 0 Å². The predicted molar refractivity (Wildman–Crippen MR) is 76.0 cm³/mol. The fourth-order valence-corrected chi connectivity index (χ4v) is 2.69. The highest BCUT2D eigenvalue weighted by atomic mass is 16.5. The van der Waals surface area contributed by atoms with Gasteiger partial charge >= 0.3 is 0 Å². The molecule has 0 aliphatic heterocycles. The average molecular weight is 263 g/mol. The van der Waals surface area contributed by atoms with Crippen molar-refractivity contribution < 1.29 is 4.74 Å². The van der Waals surface area contributed by atoms with Crippen LogP contribution in [0.4, 0.5) is 0 Å². The van der Waals surface area contributed by atoms with E-state index in [4.69, 9.17) is 20.4 Å². The Morgan fingerprint density at radius 2 is 2.16 bits per heavy atom. The molecule has 1 aliphatic carbocycles. The topological polar surface area (TPSA) is 61.0 Å². The number of fused-ring (bicyclic) bond motifs is 1. The number of aryl methyl sites for hydroxylation is 2. The fraction of sp³-hybridized carbons (Fsp3) is 0.733. The molecule has 2 atom stereocenters. The van der Waals surface area contributed by atoms with Gasteiger partial charge in [-0.3, -0.25) is 0 Å². The lowest BCUT2D eigenvalue weighted by molar-refractivity contribution is -0.00939. The second-order valence-electron chi connectivity index (χ2n) is 5.69. The Kier molecular flexibility index (Phi) is 4.21. The van der Waals surface area contributed by atoms with Gasteiger partial charge in [-0.05, 0) is 57.6 Å². The summed E-state index contributed by atoms with van der Waals surface area (Å²) in [5.41, 5.74) is 9.00. The number of nitrogens with two attached hydrogens (primary N) is 1. The molecule has 2 N–H and O–H groups in total. The zero-order valence-corrected chi connectivity index (χ0v) is 12.5. The molecule has 0 bridgehead atoms. The second kappa shape index (κ2) is 5.55. The molecule has 0 saturated carbocycles. The van der Waals surface area contributed by atoms with Crippen LogP contribution >= 0.6 is 0 Å². The van der Waals surface area contributed by atoms with Crippen molar-refractivity contribution in [3.05, 3.63) is 22.8 Å². The van der Waals surface area contributed by atoms with Crippen molar-refractivity contribution >= 4 is 0 Å². The quantitative estimate of drug-likeness (QED) is 0.904. The molecule has 4 heteroatoms. The first-order valence-corrected chi connectivity index (χ1v) is 7.16. The van der Waals surface area contributed by atoms with Gasteiger partial charge in [0.15, 0.2) is 5.82 Å². The van der Waals surface area contributed by atoms with E-state index in [1.165, 1.54) is 11.3 Å². The molecule has 2 unspecified atom stereocenters. The number of methoxy groups -OCH3 is 1. The third-order valence-corrected chi connectivity index (χ3v) is 4.51. The van der Waals surface area contributed by atoms with Crippen molar-refractivity contribution in [1.29, 1.82) is 0 Å². The molecule has 0 fully saturated rings. The van der Waals surface area contributed by atoms with Crippen molar-refractivity contribution in [3.63, 3.8) is 0 Å². The van der Waals surface area contributed by atoms with E-state index in [2.05, 4.69) is 20.8 Å². The lowest BCUT2D eigenvalue weighted by Gasteiger charge is -2.29. The Bertz CT molecular complexity index is 455. The van der Waals surface area contributed by atoms with Crippen molar-refractivity contribution in [2.75, 3.05) is 13.7 Å². The lowest BCUT2D eigenvalue weighted by Crippen LogP contribution is -2.30. The number of rotatable bonds is 4. The Hall–Kier alpha value is -1.00. The maximum atomic E-state index is 5.79. The number of aromatic nitrogens is 2. The Morgan fingerprint density at radius 3 is 2.74 bits per heavy atom. The van der Waals surface area contributed by atoms with Crippen LogP contribution in [0.2, 0.25) is 0 Å². The molecular formula is C15H25N3O. The molecule has 1 aromatic rings. The highest BCUT2D eigenvalue weighted by Crippen LogP contribution is 2.30. The van der Waals surface area contributed by atoms with Crippen LogP contribution in [-0.2, 0) is 23.2 Å². The van der Waals surface area contributed by atoms with Gasteiger partial charge in [0.05, 0.1) is 0 Å². The molecule has 0 radical (unpaired) electrons. The van der Waals surface area contributed by atoms with Gasteiger partial charge in [0.25, 0.3) is 0 Å². The highest BCUT2D eigenvalue weighted by Gasteiger charge is 2.30. The maximum absolute atomic E-state index is 5.79. The predicted octanol–water partition coefficient (Wildman–Crippen LogP) is 2.12. The molecule has 1 aliphatic rings. The van der Waals surface area contributed by atoms with Crippen LogP contribution in [0.3, 0.4) is 0 Å². The van der Waals surface area contributed by atoms with E-state index in [0.717, 1.165) is 43.7 Å². The van der Waals surface area contributed by atoms with E-state index >= 15 is 0 Å². The number of nitrogens with zero attached hydrogens (tertiary/aromatic N) is 2. The first-order valence-electron chi connectivity index (χ1n) is 7.16. The van der Waals surface area contributed by atoms with Crippen LogP contribution in [0.5, 0.6) is 0 Å². The van der Waals surface area contributed by atoms with Crippen molar-refractivity contribution in [2.24, 2.45) is 11.7 Å². The van der Waals surface area contributed by atoms with E-state index in [-0.39, 0.29) is 5.60 Å². The highest BCUT2D eigenvalue weighted by molar-refractivity contribution is 5.29. The summed E-state index contributed by atoms with van der Waals surface area (Å²) >= 11 is 0. The second-order valence-corrected chi connectivity index (χ2v) is 5.69. The van der Waals surface area contributed by atoms with Gasteiger partial charge in [-0.25, -0.2) is 9.97 Å². The minimum atomic E-state index is -0.384. The molecule has 0 amide bonds. The minimum Gasteiger partial charge on any atom is -0.371 e. The molecule has 1 heterocycles. The van der Waals surface area contributed by atoms with Gasteiger partial charge in [0, 0.05) is 18.5 Å². The molecule has 0 spiro atoms. The van der Waals surface area contributed by atoms with Gasteiger partial charge < -0.3 is 10.5 Å². The van der Waals surface area contributed by atoms with E-state index in [9.17, 15) is 0 Å². The Labute approximate surface area is 115 Å². The van der Waals surface area contributed by atoms with Crippen LogP contribution in [-0.4, -0.2) is 23.6 Å². The molecule has 0 saturated heterocycles. The third kappa shape index (κ3) is 2.65. The molecule has 1 aromatic heterocycles. The summed E-state index contributed by atoms with van der Waals surface area (Å²) in [7, 11) is 1.73. The van der Waals surface area contributed by atoms with Crippen LogP contribution in [0.15, 0.2) is 0 Å². The summed E-state index contributed by atoms with van der Waals surface area (Å²) in [4.78, 5) is 9.47. The summed E-state index contributed by atoms with van der Waals surface area (Å²) in [6.45, 7) is 6.99. The lowest BCUT2D eigenvalue weighted by atomic mass is 9.85. The molecule has 0 aromatic carbocycles. The first-order chi connectivity index (χ1) is 9.04. The molecular weight excluding hydrogens is 238 g/mol. The Morgan fingerprint density at radius 1 is 1.42 bits per heavy atom. The van der Waals surface area contributed by atoms with Gasteiger partial charge in [0.2, 0.25) is 0 Å². The summed E-state index contributed by atoms with van der Waals surface area (Å²) in [6, 6.07) is 0. The molecule has 2 rings (SSSR count). The number of hydrogen-bond acceptors (Lipinski definition) is 4. The van der Waals surface area contributed by atoms with Crippen LogP contribution in [0.1, 0.15) is 49.5 Å². The fourth-order valence-electron chi connectivity index (χ4n) is 2.69. The Balaban J connectivity index is 2.40. The molecule has 106 valence electrons. The number of ether oxygens (including phenoxy) is 1. The largest absolute Gasteiger partial charge is 0.371 e. The first kappa shape index (κ1) is 14.4. The standard InChI is InChI=1S/C15H25N3O/c1-5-15(3,19-4)14-17-10(2)12-8-11(9-16)6-7-13(12)18-14/h11H,5-9,16H2,1-4H3. The van der Waals surface area contributed by atoms with Crippen LogP contribution in [0, 0.1) is 12.8 Å². The van der Waals surface area contributed by atoms with Crippen LogP contribution < -0.4 is 5.73 Å². The summed E-state index contributed by atoms with van der Waals surface area (Å²) in [5, 5.41) is 0. The number of hydrogen-bond donors (Lipinski definition) is 1. The SMILES string of the molecule is CCC(C)(OC)c1nc(C)c2c(n1)CCC(CN)C2. The van der Waals surface area contributed by atoms with Crippen LogP contribution in [0.25, 0.3) is 0 Å². The zero-order valence-electron chi connectivity index (χ0n) is 12.5. The minimum absolute atomic E-state index is 0.384. The molecule has 4 nitrogen and oxygen atoms in total. The smallest absolute Gasteiger partial charge is 0.160 e. The van der Waals surface area contributed by atoms with Gasteiger partial charge in [-0.1, -0.05) is 6.92 Å². The van der Waals surface area contributed by atoms with Gasteiger partial charge in [-0.15, -0.1) is 0 Å². The summed E-state index contributed by atoms with van der Waals surface area (Å²) in [6.07, 6.45) is 4.03. The summed E-state index contributed by atoms with van der Waals surface area (Å²) in [5.74, 6) is 1.40. The monoisotopic (exact) mass is 263 g/mol. The van der Waals surface area contributed by atoms with Crippen molar-refractivity contribution in [3.8, 4) is 0 Å². The zero-order chi connectivity index (χ0) is 14.0. The normalized spacial score (nSPS) is 21.8. The van der Waals surface area contributed by atoms with E-state index in [1.807, 2.05) is 0 Å². The van der Waals surface area contributed by atoms with Gasteiger partial charge in [-0.2, -0.15) is 0 Å². The molecule has 19 heavy (non-hydrogen) atoms. The van der Waals surface area contributed by atoms with Crippen molar-refractivity contribution in [1.82, 2.24) is 9.97 Å². The van der Waals surface area contributed by atoms with E-state index in [0.29, 0.717) is 5.92 Å². The maximum Gasteiger partial charge on any atom is 0.160 e. The summed E-state index contributed by atoms with van der Waals surface area (Å²) < 4.78 is 5.62. The third-order valence-electron chi connectivity index (χ3n) is 4.51.